The molecule has 244 valence electrons. The summed E-state index contributed by atoms with van der Waals surface area (Å²) in [6, 6.07) is 3.84. The monoisotopic (exact) mass is 657 g/mol. The summed E-state index contributed by atoms with van der Waals surface area (Å²) in [4.78, 5) is 30.8. The molecule has 2 amide bonds. The average Bonchev–Trinajstić information content (AvgIpc) is 3.52. The van der Waals surface area contributed by atoms with E-state index in [4.69, 9.17) is 26.2 Å². The number of aliphatic hydroxyl groups excluding tert-OH is 1. The highest BCUT2D eigenvalue weighted by Gasteiger charge is 2.53. The Hall–Kier alpha value is -4.30. The molecule has 46 heavy (non-hydrogen) atoms. The molecular weight excluding hydrogens is 624 g/mol. The van der Waals surface area contributed by atoms with Gasteiger partial charge in [0.1, 0.15) is 35.4 Å². The van der Waals surface area contributed by atoms with Gasteiger partial charge in [-0.1, -0.05) is 11.6 Å². The summed E-state index contributed by atoms with van der Waals surface area (Å²) in [5, 5.41) is 22.7. The van der Waals surface area contributed by atoms with E-state index >= 15 is 4.39 Å². The summed E-state index contributed by atoms with van der Waals surface area (Å²) >= 11 is 6.40. The lowest BCUT2D eigenvalue weighted by atomic mass is 9.76. The number of aromatic nitrogens is 5. The molecule has 0 saturated heterocycles. The summed E-state index contributed by atoms with van der Waals surface area (Å²) in [5.74, 6) is -0.792. The number of alkyl carbamates (subject to hydrolysis) is 1. The summed E-state index contributed by atoms with van der Waals surface area (Å²) < 4.78 is 43.5. The quantitative estimate of drug-likeness (QED) is 0.296. The van der Waals surface area contributed by atoms with Crippen LogP contribution < -0.4 is 10.1 Å². The van der Waals surface area contributed by atoms with Gasteiger partial charge in [0.05, 0.1) is 47.6 Å². The number of ether oxygens (including phenoxy) is 2. The van der Waals surface area contributed by atoms with E-state index < -0.39 is 41.2 Å². The zero-order valence-corrected chi connectivity index (χ0v) is 26.5. The molecule has 0 spiro atoms. The van der Waals surface area contributed by atoms with Crippen LogP contribution in [-0.2, 0) is 22.6 Å². The van der Waals surface area contributed by atoms with Crippen LogP contribution in [-0.4, -0.2) is 76.8 Å². The Balaban J connectivity index is 1.17. The zero-order chi connectivity index (χ0) is 33.0. The lowest BCUT2D eigenvalue weighted by molar-refractivity contribution is -0.153. The number of hydrogen-bond donors (Lipinski definition) is 2. The summed E-state index contributed by atoms with van der Waals surface area (Å²) in [5.41, 5.74) is 0.801. The third kappa shape index (κ3) is 6.23. The number of rotatable bonds is 7. The minimum atomic E-state index is -2.07. The lowest BCUT2D eigenvalue weighted by Gasteiger charge is -2.43. The molecule has 1 saturated carbocycles. The molecule has 2 aliphatic rings. The van der Waals surface area contributed by atoms with E-state index in [1.54, 1.807) is 42.2 Å². The van der Waals surface area contributed by atoms with Crippen molar-refractivity contribution in [2.24, 2.45) is 0 Å². The van der Waals surface area contributed by atoms with Crippen LogP contribution in [0.15, 0.2) is 36.8 Å². The Bertz CT molecular complexity index is 1800. The first-order valence-electron chi connectivity index (χ1n) is 14.8. The number of amides is 2. The van der Waals surface area contributed by atoms with E-state index in [1.165, 1.54) is 23.2 Å². The normalized spacial score (nSPS) is 20.2. The van der Waals surface area contributed by atoms with Gasteiger partial charge in [0.25, 0.3) is 5.91 Å². The van der Waals surface area contributed by atoms with Gasteiger partial charge in [-0.15, -0.1) is 0 Å². The number of fused-ring (bicyclic) bond motifs is 2. The van der Waals surface area contributed by atoms with Crippen LogP contribution in [0.25, 0.3) is 16.8 Å². The Labute approximate surface area is 268 Å². The number of carbonyl (C=O) groups is 2. The first kappa shape index (κ1) is 31.7. The second-order valence-electron chi connectivity index (χ2n) is 12.7. The first-order chi connectivity index (χ1) is 21.7. The van der Waals surface area contributed by atoms with Crippen LogP contribution in [0.3, 0.4) is 0 Å². The third-order valence-corrected chi connectivity index (χ3v) is 8.34. The maximum absolute atomic E-state index is 15.6. The number of carbonyl (C=O) groups excluding carboxylic acids is 2. The van der Waals surface area contributed by atoms with Crippen molar-refractivity contribution in [1.29, 1.82) is 0 Å². The van der Waals surface area contributed by atoms with Crippen molar-refractivity contribution in [3.8, 4) is 17.0 Å². The summed E-state index contributed by atoms with van der Waals surface area (Å²) in [6.45, 7) is 7.73. The Morgan fingerprint density at radius 2 is 2.00 bits per heavy atom. The van der Waals surface area contributed by atoms with Crippen molar-refractivity contribution >= 4 is 29.1 Å². The molecule has 0 radical (unpaired) electrons. The largest absolute Gasteiger partial charge is 0.488 e. The predicted molar refractivity (Wildman–Crippen MR) is 162 cm³/mol. The predicted octanol–water partition coefficient (Wildman–Crippen LogP) is 4.54. The summed E-state index contributed by atoms with van der Waals surface area (Å²) in [7, 11) is 0. The van der Waals surface area contributed by atoms with Crippen molar-refractivity contribution in [2.75, 3.05) is 13.2 Å². The third-order valence-electron chi connectivity index (χ3n) is 8.07. The van der Waals surface area contributed by atoms with Crippen LogP contribution in [0.5, 0.6) is 5.75 Å². The molecule has 12 nitrogen and oxygen atoms in total. The van der Waals surface area contributed by atoms with Gasteiger partial charge in [0, 0.05) is 42.8 Å². The topological polar surface area (TPSA) is 136 Å². The Kier molecular flexibility index (Phi) is 8.13. The highest BCUT2D eigenvalue weighted by molar-refractivity contribution is 6.34. The van der Waals surface area contributed by atoms with Crippen LogP contribution in [0.4, 0.5) is 13.6 Å². The molecule has 1 unspecified atom stereocenters. The van der Waals surface area contributed by atoms with Gasteiger partial charge < -0.3 is 24.8 Å². The standard InChI is InChI=1S/C31H34ClF2N7O5/c1-17-23-15-39(28(43)31(34)10-20(11-31)37-29(44)46-30(2,3)4)7-8-40(23)38-26(17)18-9-25(27-21(32)13-36-41(27)14-18)45-16-24(42)22-6-5-19(33)12-35-22/h5-6,9,12-14,20,24,42H,7-8,10-11,15-16H2,1-4H3,(H,37,44). The van der Waals surface area contributed by atoms with Crippen LogP contribution in [0.2, 0.25) is 5.02 Å². The van der Waals surface area contributed by atoms with Gasteiger partial charge in [0.2, 0.25) is 0 Å². The highest BCUT2D eigenvalue weighted by Crippen LogP contribution is 2.40. The van der Waals surface area contributed by atoms with E-state index in [0.29, 0.717) is 34.1 Å². The number of hydrogen-bond acceptors (Lipinski definition) is 8. The fraction of sp³-hybridized carbons (Fsp3) is 0.452. The van der Waals surface area contributed by atoms with Crippen molar-refractivity contribution in [3.05, 3.63) is 64.6 Å². The van der Waals surface area contributed by atoms with Crippen molar-refractivity contribution in [1.82, 2.24) is 34.6 Å². The van der Waals surface area contributed by atoms with Gasteiger partial charge in [-0.25, -0.2) is 18.1 Å². The van der Waals surface area contributed by atoms with E-state index in [-0.39, 0.29) is 38.2 Å². The fourth-order valence-electron chi connectivity index (χ4n) is 5.78. The molecule has 1 aliphatic heterocycles. The summed E-state index contributed by atoms with van der Waals surface area (Å²) in [6.07, 6.45) is 2.23. The number of halogens is 3. The maximum atomic E-state index is 15.6. The Morgan fingerprint density at radius 3 is 2.70 bits per heavy atom. The maximum Gasteiger partial charge on any atom is 0.407 e. The second-order valence-corrected chi connectivity index (χ2v) is 13.1. The van der Waals surface area contributed by atoms with Crippen LogP contribution >= 0.6 is 11.6 Å². The Morgan fingerprint density at radius 1 is 1.24 bits per heavy atom. The molecule has 1 fully saturated rings. The van der Waals surface area contributed by atoms with Crippen LogP contribution in [0.1, 0.15) is 56.7 Å². The smallest absolute Gasteiger partial charge is 0.407 e. The minimum absolute atomic E-state index is 0.119. The molecule has 6 rings (SSSR count). The van der Waals surface area contributed by atoms with Gasteiger partial charge in [0.15, 0.2) is 5.67 Å². The van der Waals surface area contributed by atoms with E-state index in [9.17, 15) is 19.1 Å². The molecule has 0 aromatic carbocycles. The second kappa shape index (κ2) is 11.8. The molecule has 4 aromatic rings. The van der Waals surface area contributed by atoms with E-state index in [2.05, 4.69) is 15.4 Å². The molecule has 0 bridgehead atoms. The van der Waals surface area contributed by atoms with Crippen molar-refractivity contribution < 1.29 is 33.0 Å². The number of nitrogens with one attached hydrogen (secondary N) is 1. The van der Waals surface area contributed by atoms with Gasteiger partial charge in [-0.3, -0.25) is 14.5 Å². The van der Waals surface area contributed by atoms with Crippen molar-refractivity contribution in [3.63, 3.8) is 0 Å². The molecule has 15 heteroatoms. The number of nitrogens with zero attached hydrogens (tertiary/aromatic N) is 6. The van der Waals surface area contributed by atoms with Gasteiger partial charge in [-0.2, -0.15) is 10.2 Å². The first-order valence-corrected chi connectivity index (χ1v) is 15.2. The number of aliphatic hydroxyl groups is 1. The number of pyridine rings is 2. The van der Waals surface area contributed by atoms with Gasteiger partial charge in [-0.05, 0) is 45.9 Å². The molecule has 5 heterocycles. The van der Waals surface area contributed by atoms with Gasteiger partial charge >= 0.3 is 6.09 Å². The zero-order valence-electron chi connectivity index (χ0n) is 25.8. The fourth-order valence-corrected chi connectivity index (χ4v) is 6.00. The molecule has 1 atom stereocenters. The molecular formula is C31H34ClF2N7O5. The van der Waals surface area contributed by atoms with E-state index in [0.717, 1.165) is 17.5 Å². The minimum Gasteiger partial charge on any atom is -0.488 e. The van der Waals surface area contributed by atoms with E-state index in [1.807, 2.05) is 6.92 Å². The average molecular weight is 658 g/mol. The van der Waals surface area contributed by atoms with Crippen LogP contribution in [0, 0.1) is 12.7 Å². The SMILES string of the molecule is Cc1c(-c2cc(OCC(O)c3ccc(F)cn3)c3c(Cl)cnn3c2)nn2c1CN(C(=O)C1(F)CC(NC(=O)OC(C)(C)C)C1)CC2. The molecule has 4 aromatic heterocycles. The number of alkyl halides is 1. The molecule has 2 N–H and O–H groups in total. The highest BCUT2D eigenvalue weighted by atomic mass is 35.5. The lowest BCUT2D eigenvalue weighted by Crippen LogP contribution is -2.61. The molecule has 1 aliphatic carbocycles. The van der Waals surface area contributed by atoms with Crippen molar-refractivity contribution in [2.45, 2.75) is 77.0 Å².